The largest absolute Gasteiger partial charge is 0.301 e. The summed E-state index contributed by atoms with van der Waals surface area (Å²) in [6, 6.07) is 7.89. The third-order valence-corrected chi connectivity index (χ3v) is 3.81. The molecule has 3 nitrogen and oxygen atoms in total. The summed E-state index contributed by atoms with van der Waals surface area (Å²) < 4.78 is 1.03. The van der Waals surface area contributed by atoms with E-state index in [0.29, 0.717) is 5.13 Å². The Morgan fingerprint density at radius 1 is 1.35 bits per heavy atom. The van der Waals surface area contributed by atoms with Gasteiger partial charge in [-0.05, 0) is 12.1 Å². The minimum absolute atomic E-state index is 0.0956. The molecule has 1 aromatic carbocycles. The van der Waals surface area contributed by atoms with Gasteiger partial charge in [-0.15, -0.1) is 11.3 Å². The van der Waals surface area contributed by atoms with Crippen LogP contribution < -0.4 is 5.32 Å². The van der Waals surface area contributed by atoms with Crippen LogP contribution >= 0.6 is 43.2 Å². The van der Waals surface area contributed by atoms with Crippen molar-refractivity contribution in [1.29, 1.82) is 0 Å². The van der Waals surface area contributed by atoms with Gasteiger partial charge in [-0.3, -0.25) is 4.79 Å². The zero-order valence-corrected chi connectivity index (χ0v) is 12.6. The Bertz CT molecular complexity index is 525. The molecule has 0 saturated carbocycles. The number of carbonyl (C=O) groups is 1. The fourth-order valence-electron chi connectivity index (χ4n) is 1.24. The van der Waals surface area contributed by atoms with Gasteiger partial charge in [-0.25, -0.2) is 4.98 Å². The number of nitrogens with one attached hydrogen (secondary N) is 1. The van der Waals surface area contributed by atoms with E-state index in [1.807, 2.05) is 29.6 Å². The van der Waals surface area contributed by atoms with Crippen molar-refractivity contribution in [3.63, 3.8) is 0 Å². The second-order valence-electron chi connectivity index (χ2n) is 3.23. The number of amides is 1. The van der Waals surface area contributed by atoms with Crippen molar-refractivity contribution in [1.82, 2.24) is 4.98 Å². The predicted octanol–water partition coefficient (Wildman–Crippen LogP) is 3.91. The van der Waals surface area contributed by atoms with Gasteiger partial charge in [0, 0.05) is 15.4 Å². The third kappa shape index (κ3) is 3.37. The van der Waals surface area contributed by atoms with Gasteiger partial charge in [-0.2, -0.15) is 0 Å². The van der Waals surface area contributed by atoms with Crippen LogP contribution in [0.3, 0.4) is 0 Å². The van der Waals surface area contributed by atoms with Crippen molar-refractivity contribution in [2.24, 2.45) is 0 Å². The molecule has 1 amide bonds. The second kappa shape index (κ2) is 5.75. The van der Waals surface area contributed by atoms with Crippen molar-refractivity contribution in [3.8, 4) is 11.3 Å². The van der Waals surface area contributed by atoms with Crippen LogP contribution in [0.5, 0.6) is 0 Å². The molecule has 0 aliphatic heterocycles. The first-order chi connectivity index (χ1) is 8.19. The van der Waals surface area contributed by atoms with Crippen molar-refractivity contribution >= 4 is 54.2 Å². The Labute approximate surface area is 120 Å². The van der Waals surface area contributed by atoms with Gasteiger partial charge in [0.05, 0.1) is 11.0 Å². The highest BCUT2D eigenvalue weighted by atomic mass is 79.9. The number of aromatic nitrogens is 1. The fourth-order valence-corrected chi connectivity index (χ4v) is 2.38. The molecule has 2 aromatic rings. The molecule has 0 spiro atoms. The predicted molar refractivity (Wildman–Crippen MR) is 77.7 cm³/mol. The maximum Gasteiger partial charge on any atom is 0.236 e. The summed E-state index contributed by atoms with van der Waals surface area (Å²) in [5.74, 6) is -0.0956. The molecule has 0 unspecified atom stereocenters. The van der Waals surface area contributed by atoms with Gasteiger partial charge < -0.3 is 5.32 Å². The SMILES string of the molecule is O=C(CBr)Nc1nc(-c2ccc(Br)cc2)cs1. The zero-order valence-electron chi connectivity index (χ0n) is 8.61. The Morgan fingerprint density at radius 2 is 2.06 bits per heavy atom. The molecule has 1 aromatic heterocycles. The van der Waals surface area contributed by atoms with Crippen molar-refractivity contribution < 1.29 is 4.79 Å². The average molecular weight is 376 g/mol. The minimum Gasteiger partial charge on any atom is -0.301 e. The molecule has 6 heteroatoms. The monoisotopic (exact) mass is 374 g/mol. The lowest BCUT2D eigenvalue weighted by molar-refractivity contribution is -0.113. The van der Waals surface area contributed by atoms with Gasteiger partial charge >= 0.3 is 0 Å². The number of hydrogen-bond donors (Lipinski definition) is 1. The Hall–Kier alpha value is -0.720. The Balaban J connectivity index is 2.18. The summed E-state index contributed by atoms with van der Waals surface area (Å²) in [5.41, 5.74) is 1.90. The first kappa shape index (κ1) is 12.7. The lowest BCUT2D eigenvalue weighted by Gasteiger charge is -1.97. The van der Waals surface area contributed by atoms with Crippen molar-refractivity contribution in [3.05, 3.63) is 34.1 Å². The van der Waals surface area contributed by atoms with Gasteiger partial charge in [0.15, 0.2) is 5.13 Å². The number of anilines is 1. The van der Waals surface area contributed by atoms with Gasteiger partial charge in [-0.1, -0.05) is 44.0 Å². The maximum atomic E-state index is 11.2. The van der Waals surface area contributed by atoms with Crippen LogP contribution in [0.4, 0.5) is 5.13 Å². The summed E-state index contributed by atoms with van der Waals surface area (Å²) in [6.45, 7) is 0. The van der Waals surface area contributed by atoms with E-state index in [9.17, 15) is 4.79 Å². The number of carbonyl (C=O) groups excluding carboxylic acids is 1. The number of hydrogen-bond acceptors (Lipinski definition) is 3. The highest BCUT2D eigenvalue weighted by Gasteiger charge is 2.06. The molecular formula is C11H8Br2N2OS. The normalized spacial score (nSPS) is 10.2. The molecular weight excluding hydrogens is 368 g/mol. The fraction of sp³-hybridized carbons (Fsp3) is 0.0909. The molecule has 0 bridgehead atoms. The number of nitrogens with zero attached hydrogens (tertiary/aromatic N) is 1. The minimum atomic E-state index is -0.0956. The lowest BCUT2D eigenvalue weighted by atomic mass is 10.2. The highest BCUT2D eigenvalue weighted by molar-refractivity contribution is 9.10. The van der Waals surface area contributed by atoms with Gasteiger partial charge in [0.2, 0.25) is 5.91 Å². The quantitative estimate of drug-likeness (QED) is 0.826. The number of benzene rings is 1. The smallest absolute Gasteiger partial charge is 0.236 e. The standard InChI is InChI=1S/C11H8Br2N2OS/c12-5-10(16)15-11-14-9(6-17-11)7-1-3-8(13)4-2-7/h1-4,6H,5H2,(H,14,15,16). The summed E-state index contributed by atoms with van der Waals surface area (Å²) in [6.07, 6.45) is 0. The molecule has 0 fully saturated rings. The van der Waals surface area contributed by atoms with Crippen LogP contribution in [0.25, 0.3) is 11.3 Å². The molecule has 17 heavy (non-hydrogen) atoms. The lowest BCUT2D eigenvalue weighted by Crippen LogP contribution is -2.11. The molecule has 1 N–H and O–H groups in total. The molecule has 88 valence electrons. The molecule has 0 aliphatic carbocycles. The maximum absolute atomic E-state index is 11.2. The first-order valence-corrected chi connectivity index (χ1v) is 7.56. The summed E-state index contributed by atoms with van der Waals surface area (Å²) in [5, 5.41) is 5.53. The van der Waals surface area contributed by atoms with E-state index in [-0.39, 0.29) is 11.2 Å². The third-order valence-electron chi connectivity index (χ3n) is 2.01. The molecule has 0 saturated heterocycles. The van der Waals surface area contributed by atoms with Gasteiger partial charge in [0.25, 0.3) is 0 Å². The summed E-state index contributed by atoms with van der Waals surface area (Å²) >= 11 is 7.89. The van der Waals surface area contributed by atoms with E-state index >= 15 is 0 Å². The van der Waals surface area contributed by atoms with Crippen molar-refractivity contribution in [2.75, 3.05) is 10.6 Å². The average Bonchev–Trinajstić information content (AvgIpc) is 2.78. The summed E-state index contributed by atoms with van der Waals surface area (Å²) in [7, 11) is 0. The number of thiazole rings is 1. The van der Waals surface area contributed by atoms with Gasteiger partial charge in [0.1, 0.15) is 0 Å². The van der Waals surface area contributed by atoms with Crippen molar-refractivity contribution in [2.45, 2.75) is 0 Å². The topological polar surface area (TPSA) is 42.0 Å². The van der Waals surface area contributed by atoms with Crippen LogP contribution in [0, 0.1) is 0 Å². The Kier molecular flexibility index (Phi) is 4.31. The Morgan fingerprint density at radius 3 is 2.71 bits per heavy atom. The van der Waals surface area contributed by atoms with Crippen LogP contribution in [0.2, 0.25) is 0 Å². The van der Waals surface area contributed by atoms with E-state index in [0.717, 1.165) is 15.7 Å². The van der Waals surface area contributed by atoms with E-state index in [1.165, 1.54) is 11.3 Å². The van der Waals surface area contributed by atoms with Crippen LogP contribution in [-0.4, -0.2) is 16.2 Å². The van der Waals surface area contributed by atoms with Crippen LogP contribution in [0.1, 0.15) is 0 Å². The number of alkyl halides is 1. The van der Waals surface area contributed by atoms with Crippen LogP contribution in [-0.2, 0) is 4.79 Å². The molecule has 1 heterocycles. The molecule has 0 aliphatic rings. The van der Waals surface area contributed by atoms with E-state index in [4.69, 9.17) is 0 Å². The van der Waals surface area contributed by atoms with E-state index in [1.54, 1.807) is 0 Å². The molecule has 0 radical (unpaired) electrons. The highest BCUT2D eigenvalue weighted by Crippen LogP contribution is 2.25. The number of rotatable bonds is 3. The molecule has 0 atom stereocenters. The number of halogens is 2. The van der Waals surface area contributed by atoms with Crippen LogP contribution in [0.15, 0.2) is 34.1 Å². The second-order valence-corrected chi connectivity index (χ2v) is 5.56. The zero-order chi connectivity index (χ0) is 12.3. The summed E-state index contributed by atoms with van der Waals surface area (Å²) in [4.78, 5) is 15.5. The molecule has 2 rings (SSSR count). The first-order valence-electron chi connectivity index (χ1n) is 4.76. The van der Waals surface area contributed by atoms with E-state index < -0.39 is 0 Å². The van der Waals surface area contributed by atoms with E-state index in [2.05, 4.69) is 42.2 Å².